The van der Waals surface area contributed by atoms with E-state index < -0.39 is 0 Å². The van der Waals surface area contributed by atoms with Crippen LogP contribution in [0.25, 0.3) is 0 Å². The first-order valence-electron chi connectivity index (χ1n) is 10.6. The quantitative estimate of drug-likeness (QED) is 0.394. The molecule has 0 aliphatic carbocycles. The minimum Gasteiger partial charge on any atom is -0.494 e. The third kappa shape index (κ3) is 8.38. The number of hydrogen-bond donors (Lipinski definition) is 2. The lowest BCUT2D eigenvalue weighted by atomic mass is 10.2. The molecule has 7 heteroatoms. The molecule has 0 saturated heterocycles. The van der Waals surface area contributed by atoms with E-state index in [0.717, 1.165) is 17.9 Å². The van der Waals surface area contributed by atoms with Gasteiger partial charge in [0.25, 0.3) is 5.91 Å². The van der Waals surface area contributed by atoms with Gasteiger partial charge in [0.15, 0.2) is 5.11 Å². The lowest BCUT2D eigenvalue weighted by molar-refractivity contribution is -0.116. The molecule has 2 aromatic carbocycles. The molecule has 0 saturated carbocycles. The molecule has 0 aromatic heterocycles. The van der Waals surface area contributed by atoms with E-state index in [0.29, 0.717) is 17.9 Å². The molecule has 2 amide bonds. The second kappa shape index (κ2) is 12.7. The van der Waals surface area contributed by atoms with Crippen LogP contribution in [0.4, 0.5) is 11.4 Å². The average Bonchev–Trinajstić information content (AvgIpc) is 2.76. The zero-order valence-electron chi connectivity index (χ0n) is 18.4. The molecule has 0 radical (unpaired) electrons. The Hall–Kier alpha value is -2.93. The van der Waals surface area contributed by atoms with Crippen LogP contribution in [0.1, 0.15) is 56.3 Å². The Morgan fingerprint density at radius 3 is 2.23 bits per heavy atom. The number of rotatable bonds is 10. The molecule has 2 N–H and O–H groups in total. The molecule has 0 fully saturated rings. The summed E-state index contributed by atoms with van der Waals surface area (Å²) >= 11 is 5.23. The monoisotopic (exact) mass is 441 g/mol. The van der Waals surface area contributed by atoms with Gasteiger partial charge in [0, 0.05) is 30.9 Å². The van der Waals surface area contributed by atoms with Crippen LogP contribution in [0.2, 0.25) is 0 Å². The van der Waals surface area contributed by atoms with E-state index in [-0.39, 0.29) is 16.9 Å². The largest absolute Gasteiger partial charge is 0.494 e. The highest BCUT2D eigenvalue weighted by atomic mass is 32.1. The number of thiocarbonyl (C=S) groups is 1. The Balaban J connectivity index is 1.79. The summed E-state index contributed by atoms with van der Waals surface area (Å²) in [6, 6.07) is 14.2. The van der Waals surface area contributed by atoms with Crippen molar-refractivity contribution >= 4 is 40.5 Å². The Labute approximate surface area is 190 Å². The molecule has 0 aliphatic heterocycles. The van der Waals surface area contributed by atoms with Gasteiger partial charge in [0.2, 0.25) is 5.91 Å². The number of nitrogens with zero attached hydrogens (tertiary/aromatic N) is 1. The highest BCUT2D eigenvalue weighted by Crippen LogP contribution is 2.17. The zero-order chi connectivity index (χ0) is 22.6. The van der Waals surface area contributed by atoms with Crippen molar-refractivity contribution in [2.75, 3.05) is 23.9 Å². The molecular formula is C24H31N3O3S. The van der Waals surface area contributed by atoms with Crippen LogP contribution in [0.5, 0.6) is 5.75 Å². The molecule has 0 bridgehead atoms. The topological polar surface area (TPSA) is 70.7 Å². The Morgan fingerprint density at radius 2 is 1.61 bits per heavy atom. The highest BCUT2D eigenvalue weighted by molar-refractivity contribution is 7.80. The smallest absolute Gasteiger partial charge is 0.257 e. The third-order valence-corrected chi connectivity index (χ3v) is 5.05. The normalized spacial score (nSPS) is 10.3. The molecule has 0 atom stereocenters. The Morgan fingerprint density at radius 1 is 0.968 bits per heavy atom. The number of benzene rings is 2. The van der Waals surface area contributed by atoms with Crippen molar-refractivity contribution in [3.05, 3.63) is 54.1 Å². The van der Waals surface area contributed by atoms with Crippen molar-refractivity contribution < 1.29 is 14.3 Å². The molecule has 2 rings (SSSR count). The van der Waals surface area contributed by atoms with Crippen LogP contribution in [0.15, 0.2) is 48.5 Å². The van der Waals surface area contributed by atoms with E-state index >= 15 is 0 Å². The maximum atomic E-state index is 12.4. The van der Waals surface area contributed by atoms with Gasteiger partial charge in [-0.2, -0.15) is 0 Å². The Bertz CT molecular complexity index is 867. The molecule has 31 heavy (non-hydrogen) atoms. The van der Waals surface area contributed by atoms with Crippen LogP contribution in [-0.4, -0.2) is 30.6 Å². The van der Waals surface area contributed by atoms with Crippen molar-refractivity contribution in [1.29, 1.82) is 0 Å². The summed E-state index contributed by atoms with van der Waals surface area (Å²) in [6.45, 7) is 4.39. The van der Waals surface area contributed by atoms with Gasteiger partial charge in [-0.3, -0.25) is 14.9 Å². The van der Waals surface area contributed by atoms with Gasteiger partial charge >= 0.3 is 0 Å². The first kappa shape index (κ1) is 24.3. The number of anilines is 2. The fraction of sp³-hybridized carbons (Fsp3) is 0.375. The van der Waals surface area contributed by atoms with Crippen molar-refractivity contribution in [2.45, 2.75) is 46.0 Å². The van der Waals surface area contributed by atoms with Crippen LogP contribution in [0, 0.1) is 0 Å². The second-order valence-corrected chi connectivity index (χ2v) is 7.73. The van der Waals surface area contributed by atoms with Crippen molar-refractivity contribution in [2.24, 2.45) is 0 Å². The van der Waals surface area contributed by atoms with E-state index in [2.05, 4.69) is 17.6 Å². The minimum atomic E-state index is -0.295. The summed E-state index contributed by atoms with van der Waals surface area (Å²) in [4.78, 5) is 25.4. The van der Waals surface area contributed by atoms with E-state index in [1.165, 1.54) is 32.6 Å². The fourth-order valence-corrected chi connectivity index (χ4v) is 3.10. The van der Waals surface area contributed by atoms with Gasteiger partial charge in [-0.15, -0.1) is 0 Å². The first-order chi connectivity index (χ1) is 14.9. The lowest BCUT2D eigenvalue weighted by Gasteiger charge is -2.16. The van der Waals surface area contributed by atoms with Gasteiger partial charge in [-0.25, -0.2) is 0 Å². The van der Waals surface area contributed by atoms with Gasteiger partial charge in [-0.1, -0.05) is 32.6 Å². The number of ether oxygens (including phenoxy) is 1. The van der Waals surface area contributed by atoms with E-state index in [1.807, 2.05) is 0 Å². The van der Waals surface area contributed by atoms with Gasteiger partial charge in [0.1, 0.15) is 5.75 Å². The maximum Gasteiger partial charge on any atom is 0.257 e. The van der Waals surface area contributed by atoms with Gasteiger partial charge < -0.3 is 15.0 Å². The highest BCUT2D eigenvalue weighted by Gasteiger charge is 2.09. The molecule has 2 aromatic rings. The molecule has 6 nitrogen and oxygen atoms in total. The second-order valence-electron chi connectivity index (χ2n) is 7.32. The molecule has 0 unspecified atom stereocenters. The minimum absolute atomic E-state index is 0.0492. The zero-order valence-corrected chi connectivity index (χ0v) is 19.3. The van der Waals surface area contributed by atoms with Crippen molar-refractivity contribution in [3.8, 4) is 5.75 Å². The first-order valence-corrected chi connectivity index (χ1v) is 11.0. The van der Waals surface area contributed by atoms with E-state index in [1.54, 1.807) is 60.5 Å². The maximum absolute atomic E-state index is 12.4. The fourth-order valence-electron chi connectivity index (χ4n) is 2.89. The number of nitrogens with one attached hydrogen (secondary N) is 2. The summed E-state index contributed by atoms with van der Waals surface area (Å²) in [5, 5.41) is 5.84. The standard InChI is InChI=1S/C24H31N3O3S/c1-4-5-6-7-8-17-30-22-15-9-19(10-16-22)23(29)26-24(31)25-20-11-13-21(14-12-20)27(3)18(2)28/h9-16H,4-8,17H2,1-3H3,(H2,25,26,29,31). The number of hydrogen-bond acceptors (Lipinski definition) is 4. The summed E-state index contributed by atoms with van der Waals surface area (Å²) < 4.78 is 5.73. The molecule has 0 heterocycles. The van der Waals surface area contributed by atoms with E-state index in [4.69, 9.17) is 17.0 Å². The summed E-state index contributed by atoms with van der Waals surface area (Å²) in [6.07, 6.45) is 5.95. The van der Waals surface area contributed by atoms with E-state index in [9.17, 15) is 9.59 Å². The van der Waals surface area contributed by atoms with Gasteiger partial charge in [0.05, 0.1) is 6.61 Å². The predicted molar refractivity (Wildman–Crippen MR) is 130 cm³/mol. The van der Waals surface area contributed by atoms with Crippen molar-refractivity contribution in [3.63, 3.8) is 0 Å². The van der Waals surface area contributed by atoms with Crippen LogP contribution in [0.3, 0.4) is 0 Å². The third-order valence-electron chi connectivity index (χ3n) is 4.84. The number of amides is 2. The van der Waals surface area contributed by atoms with Crippen molar-refractivity contribution in [1.82, 2.24) is 5.32 Å². The predicted octanol–water partition coefficient (Wildman–Crippen LogP) is 5.15. The van der Waals surface area contributed by atoms with Crippen LogP contribution in [-0.2, 0) is 4.79 Å². The molecule has 0 spiro atoms. The lowest BCUT2D eigenvalue weighted by Crippen LogP contribution is -2.34. The van der Waals surface area contributed by atoms with Crippen LogP contribution >= 0.6 is 12.2 Å². The molecule has 0 aliphatic rings. The summed E-state index contributed by atoms with van der Waals surface area (Å²) in [7, 11) is 1.71. The number of unbranched alkanes of at least 4 members (excludes halogenated alkanes) is 4. The number of carbonyl (C=O) groups excluding carboxylic acids is 2. The SMILES string of the molecule is CCCCCCCOc1ccc(C(=O)NC(=S)Nc2ccc(N(C)C(C)=O)cc2)cc1. The number of carbonyl (C=O) groups is 2. The average molecular weight is 442 g/mol. The molecular weight excluding hydrogens is 410 g/mol. The summed E-state index contributed by atoms with van der Waals surface area (Å²) in [5.41, 5.74) is 1.99. The van der Waals surface area contributed by atoms with Gasteiger partial charge in [-0.05, 0) is 67.2 Å². The Kier molecular flexibility index (Phi) is 9.97. The van der Waals surface area contributed by atoms with Crippen LogP contribution < -0.4 is 20.3 Å². The molecule has 166 valence electrons. The summed E-state index contributed by atoms with van der Waals surface area (Å²) in [5.74, 6) is 0.409.